The van der Waals surface area contributed by atoms with Gasteiger partial charge in [-0.05, 0) is 54.8 Å². The van der Waals surface area contributed by atoms with E-state index in [0.717, 1.165) is 5.56 Å². The molecule has 1 aliphatic carbocycles. The second-order valence-electron chi connectivity index (χ2n) is 7.67. The molecule has 0 aromatic heterocycles. The van der Waals surface area contributed by atoms with Crippen LogP contribution in [-0.2, 0) is 20.9 Å². The second-order valence-corrected chi connectivity index (χ2v) is 7.67. The first-order valence-electron chi connectivity index (χ1n) is 9.49. The summed E-state index contributed by atoms with van der Waals surface area (Å²) in [6, 6.07) is 13.4. The van der Waals surface area contributed by atoms with E-state index in [0.29, 0.717) is 11.5 Å². The number of allylic oxidation sites excluding steroid dienone is 1. The van der Waals surface area contributed by atoms with Gasteiger partial charge in [-0.25, -0.2) is 4.79 Å². The van der Waals surface area contributed by atoms with E-state index in [9.17, 15) is 19.8 Å². The molecular formula is C23H24O7. The van der Waals surface area contributed by atoms with Crippen LogP contribution in [-0.4, -0.2) is 33.9 Å². The Morgan fingerprint density at radius 1 is 1.13 bits per heavy atom. The van der Waals surface area contributed by atoms with E-state index in [1.165, 1.54) is 25.1 Å². The van der Waals surface area contributed by atoms with Gasteiger partial charge in [-0.15, -0.1) is 0 Å². The summed E-state index contributed by atoms with van der Waals surface area (Å²) in [6.45, 7) is 2.98. The normalized spacial score (nSPS) is 23.0. The van der Waals surface area contributed by atoms with Crippen LogP contribution in [0.5, 0.6) is 17.2 Å². The maximum atomic E-state index is 12.6. The number of carbonyl (C=O) groups is 2. The fourth-order valence-electron chi connectivity index (χ4n) is 3.44. The van der Waals surface area contributed by atoms with Gasteiger partial charge in [0.25, 0.3) is 0 Å². The lowest BCUT2D eigenvalue weighted by Gasteiger charge is -2.10. The number of aromatic hydroxyl groups is 1. The monoisotopic (exact) mass is 412 g/mol. The standard InChI is InChI=1S/C23H24O7/c1-14(21(26)27)10-19-20(23(19,2)13-24)22(28)29-12-15-4-3-5-18(11-15)30-17-8-6-16(25)7-9-17/h3-11,19-20,24-25H,12-13H2,1-2H3,(H,26,27)/b14-10-. The van der Waals surface area contributed by atoms with Gasteiger partial charge < -0.3 is 24.8 Å². The predicted molar refractivity (Wildman–Crippen MR) is 108 cm³/mol. The molecule has 2 aromatic carbocycles. The maximum Gasteiger partial charge on any atom is 0.330 e. The number of phenolic OH excluding ortho intramolecular Hbond substituents is 1. The van der Waals surface area contributed by atoms with Gasteiger partial charge in [-0.1, -0.05) is 25.1 Å². The number of carboxylic acids is 1. The number of aliphatic hydroxyl groups is 1. The van der Waals surface area contributed by atoms with E-state index in [2.05, 4.69) is 0 Å². The molecule has 0 saturated heterocycles. The highest BCUT2D eigenvalue weighted by molar-refractivity contribution is 5.86. The number of phenols is 1. The zero-order chi connectivity index (χ0) is 21.9. The van der Waals surface area contributed by atoms with Crippen molar-refractivity contribution < 1.29 is 34.4 Å². The lowest BCUT2D eigenvalue weighted by Crippen LogP contribution is -2.14. The van der Waals surface area contributed by atoms with Gasteiger partial charge in [0, 0.05) is 17.6 Å². The number of carbonyl (C=O) groups excluding carboxylic acids is 1. The zero-order valence-electron chi connectivity index (χ0n) is 16.7. The van der Waals surface area contributed by atoms with E-state index < -0.39 is 23.3 Å². The summed E-state index contributed by atoms with van der Waals surface area (Å²) >= 11 is 0. The number of hydrogen-bond donors (Lipinski definition) is 3. The average molecular weight is 412 g/mol. The summed E-state index contributed by atoms with van der Waals surface area (Å²) in [5, 5.41) is 28.1. The van der Waals surface area contributed by atoms with Gasteiger partial charge in [0.15, 0.2) is 0 Å². The fraction of sp³-hybridized carbons (Fsp3) is 0.304. The van der Waals surface area contributed by atoms with Crippen molar-refractivity contribution in [1.29, 1.82) is 0 Å². The van der Waals surface area contributed by atoms with E-state index in [1.807, 2.05) is 0 Å². The van der Waals surface area contributed by atoms with E-state index in [1.54, 1.807) is 43.3 Å². The highest BCUT2D eigenvalue weighted by Crippen LogP contribution is 2.59. The van der Waals surface area contributed by atoms with Crippen LogP contribution in [0.25, 0.3) is 0 Å². The molecule has 1 saturated carbocycles. The molecule has 0 bridgehead atoms. The number of rotatable bonds is 8. The minimum atomic E-state index is -1.06. The van der Waals surface area contributed by atoms with Crippen LogP contribution < -0.4 is 4.74 Å². The van der Waals surface area contributed by atoms with E-state index in [-0.39, 0.29) is 30.5 Å². The molecule has 1 aliphatic rings. The molecule has 30 heavy (non-hydrogen) atoms. The van der Waals surface area contributed by atoms with Crippen LogP contribution in [0.2, 0.25) is 0 Å². The van der Waals surface area contributed by atoms with Gasteiger partial charge >= 0.3 is 11.9 Å². The fourth-order valence-corrected chi connectivity index (χ4v) is 3.44. The molecule has 0 heterocycles. The van der Waals surface area contributed by atoms with Crippen LogP contribution in [0.1, 0.15) is 19.4 Å². The summed E-state index contributed by atoms with van der Waals surface area (Å²) in [7, 11) is 0. The van der Waals surface area contributed by atoms with Gasteiger partial charge in [0.2, 0.25) is 0 Å². The van der Waals surface area contributed by atoms with Crippen molar-refractivity contribution in [2.75, 3.05) is 6.61 Å². The minimum Gasteiger partial charge on any atom is -0.508 e. The van der Waals surface area contributed by atoms with Crippen molar-refractivity contribution >= 4 is 11.9 Å². The zero-order valence-corrected chi connectivity index (χ0v) is 16.7. The lowest BCUT2D eigenvalue weighted by atomic mass is 10.1. The number of carboxylic acid groups (broad SMARTS) is 1. The quantitative estimate of drug-likeness (QED) is 0.449. The van der Waals surface area contributed by atoms with Crippen molar-refractivity contribution in [3.05, 3.63) is 65.7 Å². The number of ether oxygens (including phenoxy) is 2. The van der Waals surface area contributed by atoms with Crippen molar-refractivity contribution in [1.82, 2.24) is 0 Å². The number of aliphatic hydroxyl groups excluding tert-OH is 1. The SMILES string of the molecule is C/C(=C/C1C(C(=O)OCc2cccc(Oc3ccc(O)cc3)c2)C1(C)CO)C(=O)O. The lowest BCUT2D eigenvalue weighted by molar-refractivity contribution is -0.148. The van der Waals surface area contributed by atoms with Crippen LogP contribution in [0.15, 0.2) is 60.2 Å². The van der Waals surface area contributed by atoms with Crippen LogP contribution in [0, 0.1) is 17.3 Å². The first kappa shape index (κ1) is 21.4. The molecule has 7 nitrogen and oxygen atoms in total. The summed E-state index contributed by atoms with van der Waals surface area (Å²) in [6.07, 6.45) is 1.51. The topological polar surface area (TPSA) is 113 Å². The Balaban J connectivity index is 1.62. The Bertz CT molecular complexity index is 964. The smallest absolute Gasteiger partial charge is 0.330 e. The molecular weight excluding hydrogens is 388 g/mol. The van der Waals surface area contributed by atoms with E-state index >= 15 is 0 Å². The van der Waals surface area contributed by atoms with Crippen molar-refractivity contribution in [2.24, 2.45) is 17.3 Å². The molecule has 3 unspecified atom stereocenters. The van der Waals surface area contributed by atoms with Crippen LogP contribution in [0.4, 0.5) is 0 Å². The van der Waals surface area contributed by atoms with Crippen LogP contribution >= 0.6 is 0 Å². The summed E-state index contributed by atoms with van der Waals surface area (Å²) in [5.74, 6) is -1.25. The van der Waals surface area contributed by atoms with E-state index in [4.69, 9.17) is 14.6 Å². The molecule has 0 radical (unpaired) electrons. The third kappa shape index (κ3) is 4.63. The maximum absolute atomic E-state index is 12.6. The second kappa shape index (κ2) is 8.59. The molecule has 158 valence electrons. The number of benzene rings is 2. The third-order valence-electron chi connectivity index (χ3n) is 5.44. The Labute approximate surface area is 174 Å². The molecule has 3 N–H and O–H groups in total. The number of hydrogen-bond acceptors (Lipinski definition) is 6. The minimum absolute atomic E-state index is 0.0258. The molecule has 3 rings (SSSR count). The van der Waals surface area contributed by atoms with Crippen molar-refractivity contribution in [2.45, 2.75) is 20.5 Å². The van der Waals surface area contributed by atoms with Gasteiger partial charge in [-0.3, -0.25) is 4.79 Å². The number of aliphatic carboxylic acids is 1. The molecule has 7 heteroatoms. The Hall–Kier alpha value is -3.32. The number of esters is 1. The molecule has 0 aliphatic heterocycles. The Morgan fingerprint density at radius 3 is 2.47 bits per heavy atom. The molecule has 2 aromatic rings. The highest BCUT2D eigenvalue weighted by atomic mass is 16.5. The van der Waals surface area contributed by atoms with Crippen LogP contribution in [0.3, 0.4) is 0 Å². The van der Waals surface area contributed by atoms with Gasteiger partial charge in [-0.2, -0.15) is 0 Å². The third-order valence-corrected chi connectivity index (χ3v) is 5.44. The van der Waals surface area contributed by atoms with Crippen molar-refractivity contribution in [3.8, 4) is 17.2 Å². The first-order chi connectivity index (χ1) is 14.2. The Morgan fingerprint density at radius 2 is 1.83 bits per heavy atom. The summed E-state index contributed by atoms with van der Waals surface area (Å²) in [4.78, 5) is 23.6. The highest BCUT2D eigenvalue weighted by Gasteiger charge is 2.64. The van der Waals surface area contributed by atoms with Gasteiger partial charge in [0.05, 0.1) is 5.92 Å². The molecule has 0 spiro atoms. The molecule has 0 amide bonds. The Kier molecular flexibility index (Phi) is 6.12. The predicted octanol–water partition coefficient (Wildman–Crippen LogP) is 3.50. The molecule has 3 atom stereocenters. The average Bonchev–Trinajstić information content (AvgIpc) is 3.32. The molecule has 1 fully saturated rings. The van der Waals surface area contributed by atoms with Gasteiger partial charge in [0.1, 0.15) is 23.9 Å². The first-order valence-corrected chi connectivity index (χ1v) is 9.49. The largest absolute Gasteiger partial charge is 0.508 e. The summed E-state index contributed by atoms with van der Waals surface area (Å²) in [5.41, 5.74) is 0.131. The summed E-state index contributed by atoms with van der Waals surface area (Å²) < 4.78 is 11.2. The van der Waals surface area contributed by atoms with Crippen molar-refractivity contribution in [3.63, 3.8) is 0 Å².